The van der Waals surface area contributed by atoms with Gasteiger partial charge in [0.2, 0.25) is 5.91 Å². The Bertz CT molecular complexity index is 1920. The minimum atomic E-state index is -0.0431. The molecule has 1 aliphatic heterocycles. The number of nitrogens with one attached hydrogen (secondary N) is 1. The molecular weight excluding hydrogens is 562 g/mol. The fourth-order valence-electron chi connectivity index (χ4n) is 5.84. The van der Waals surface area contributed by atoms with Crippen LogP contribution in [0, 0.1) is 0 Å². The van der Waals surface area contributed by atoms with Crippen LogP contribution < -0.4 is 5.32 Å². The van der Waals surface area contributed by atoms with Gasteiger partial charge in [0.05, 0.1) is 36.2 Å². The number of hydrogen-bond acceptors (Lipinski definition) is 7. The minimum Gasteiger partial charge on any atom is -0.326 e. The monoisotopic (exact) mass is 597 g/mol. The van der Waals surface area contributed by atoms with Gasteiger partial charge in [-0.1, -0.05) is 36.4 Å². The molecule has 7 rings (SSSR count). The molecule has 1 fully saturated rings. The van der Waals surface area contributed by atoms with E-state index >= 15 is 0 Å². The lowest BCUT2D eigenvalue weighted by Crippen LogP contribution is -2.43. The number of fused-ring (bicyclic) bond motifs is 1. The molecule has 5 heterocycles. The summed E-state index contributed by atoms with van der Waals surface area (Å²) >= 11 is 0. The first kappa shape index (κ1) is 28.6. The molecule has 2 aromatic carbocycles. The third-order valence-corrected chi connectivity index (χ3v) is 8.36. The van der Waals surface area contributed by atoms with Gasteiger partial charge in [0.15, 0.2) is 0 Å². The fourth-order valence-corrected chi connectivity index (χ4v) is 5.84. The predicted octanol–water partition coefficient (Wildman–Crippen LogP) is 4.79. The van der Waals surface area contributed by atoms with E-state index in [9.17, 15) is 4.79 Å². The van der Waals surface area contributed by atoms with Gasteiger partial charge in [0, 0.05) is 92.5 Å². The van der Waals surface area contributed by atoms with Crippen LogP contribution in [-0.2, 0) is 24.8 Å². The van der Waals surface area contributed by atoms with E-state index in [-0.39, 0.29) is 12.3 Å². The number of hydrogen-bond donors (Lipinski definition) is 1. The molecule has 0 aliphatic carbocycles. The van der Waals surface area contributed by atoms with Crippen molar-refractivity contribution in [2.75, 3.05) is 38.5 Å². The van der Waals surface area contributed by atoms with E-state index in [0.29, 0.717) is 0 Å². The third-order valence-electron chi connectivity index (χ3n) is 8.36. The third kappa shape index (κ3) is 6.38. The average Bonchev–Trinajstić information content (AvgIpc) is 3.70. The smallest absolute Gasteiger partial charge is 0.228 e. The standard InChI is InChI=1S/C35H35N9O/c1-41-13-15-43(16-14-41)22-26-5-9-30(10-6-26)40-34(45)17-25-3-7-27(8-4-25)32-20-39-44-24-28(29-19-38-42(2)23-29)18-31(35(32)44)33-21-36-11-12-37-33/h3-12,18-21,23-24H,13-17,22H2,1-2H3,(H,40,45). The molecule has 4 aromatic heterocycles. The van der Waals surface area contributed by atoms with Crippen molar-refractivity contribution in [1.29, 1.82) is 0 Å². The molecule has 0 unspecified atom stereocenters. The Balaban J connectivity index is 1.07. The second-order valence-corrected chi connectivity index (χ2v) is 11.7. The van der Waals surface area contributed by atoms with Gasteiger partial charge in [-0.3, -0.25) is 24.3 Å². The van der Waals surface area contributed by atoms with E-state index in [1.54, 1.807) is 23.3 Å². The van der Waals surface area contributed by atoms with E-state index in [0.717, 1.165) is 83.0 Å². The summed E-state index contributed by atoms with van der Waals surface area (Å²) in [7, 11) is 4.07. The number of carbonyl (C=O) groups excluding carboxylic acids is 1. The van der Waals surface area contributed by atoms with Crippen molar-refractivity contribution in [2.24, 2.45) is 7.05 Å². The van der Waals surface area contributed by atoms with E-state index in [2.05, 4.69) is 55.4 Å². The first-order valence-electron chi connectivity index (χ1n) is 15.1. The number of pyridine rings is 1. The molecular formula is C35H35N9O. The van der Waals surface area contributed by atoms with Gasteiger partial charge in [-0.2, -0.15) is 10.2 Å². The molecule has 226 valence electrons. The molecule has 10 nitrogen and oxygen atoms in total. The number of nitrogens with zero attached hydrogens (tertiary/aromatic N) is 8. The Labute approximate surface area is 262 Å². The molecule has 1 saturated heterocycles. The number of benzene rings is 2. The molecule has 1 amide bonds. The quantitative estimate of drug-likeness (QED) is 0.270. The number of aromatic nitrogens is 6. The Morgan fingerprint density at radius 2 is 1.56 bits per heavy atom. The largest absolute Gasteiger partial charge is 0.326 e. The number of anilines is 1. The number of piperazine rings is 1. The van der Waals surface area contributed by atoms with Crippen molar-refractivity contribution >= 4 is 17.1 Å². The van der Waals surface area contributed by atoms with Crippen LogP contribution in [-0.4, -0.2) is 78.3 Å². The van der Waals surface area contributed by atoms with Crippen LogP contribution in [0.25, 0.3) is 39.0 Å². The van der Waals surface area contributed by atoms with Crippen LogP contribution in [0.5, 0.6) is 0 Å². The van der Waals surface area contributed by atoms with Gasteiger partial charge in [-0.05, 0) is 41.9 Å². The molecule has 0 bridgehead atoms. The molecule has 45 heavy (non-hydrogen) atoms. The maximum Gasteiger partial charge on any atom is 0.228 e. The molecule has 0 spiro atoms. The highest BCUT2D eigenvalue weighted by atomic mass is 16.1. The van der Waals surface area contributed by atoms with Crippen LogP contribution in [0.15, 0.2) is 98.0 Å². The normalized spacial score (nSPS) is 14.2. The number of aryl methyl sites for hydroxylation is 1. The molecule has 0 atom stereocenters. The number of rotatable bonds is 8. The molecule has 10 heteroatoms. The predicted molar refractivity (Wildman–Crippen MR) is 175 cm³/mol. The van der Waals surface area contributed by atoms with Gasteiger partial charge in [0.25, 0.3) is 0 Å². The first-order chi connectivity index (χ1) is 22.0. The van der Waals surface area contributed by atoms with E-state index in [1.165, 1.54) is 5.56 Å². The van der Waals surface area contributed by atoms with Gasteiger partial charge >= 0.3 is 0 Å². The van der Waals surface area contributed by atoms with Gasteiger partial charge in [-0.15, -0.1) is 0 Å². The summed E-state index contributed by atoms with van der Waals surface area (Å²) in [5.74, 6) is -0.0431. The SMILES string of the molecule is CN1CCN(Cc2ccc(NC(=O)Cc3ccc(-c4cnn5cc(-c6cnn(C)c6)cc(-c6cnccn6)c45)cc3)cc2)CC1. The van der Waals surface area contributed by atoms with Crippen LogP contribution in [0.2, 0.25) is 0 Å². The molecule has 1 aliphatic rings. The lowest BCUT2D eigenvalue weighted by atomic mass is 9.99. The Morgan fingerprint density at radius 3 is 2.27 bits per heavy atom. The average molecular weight is 598 g/mol. The summed E-state index contributed by atoms with van der Waals surface area (Å²) in [5.41, 5.74) is 9.58. The molecule has 0 radical (unpaired) electrons. The van der Waals surface area contributed by atoms with Crippen molar-refractivity contribution in [2.45, 2.75) is 13.0 Å². The number of carbonyl (C=O) groups is 1. The lowest BCUT2D eigenvalue weighted by molar-refractivity contribution is -0.115. The highest BCUT2D eigenvalue weighted by Crippen LogP contribution is 2.35. The lowest BCUT2D eigenvalue weighted by Gasteiger charge is -2.32. The van der Waals surface area contributed by atoms with Crippen molar-refractivity contribution in [1.82, 2.24) is 39.2 Å². The van der Waals surface area contributed by atoms with Crippen molar-refractivity contribution < 1.29 is 4.79 Å². The van der Waals surface area contributed by atoms with E-state index < -0.39 is 0 Å². The number of likely N-dealkylation sites (N-methyl/N-ethyl adjacent to an activating group) is 1. The van der Waals surface area contributed by atoms with Gasteiger partial charge in [-0.25, -0.2) is 4.52 Å². The molecule has 1 N–H and O–H groups in total. The van der Waals surface area contributed by atoms with Crippen molar-refractivity contribution in [3.8, 4) is 33.5 Å². The molecule has 0 saturated carbocycles. The maximum absolute atomic E-state index is 12.9. The van der Waals surface area contributed by atoms with Gasteiger partial charge < -0.3 is 10.2 Å². The Morgan fingerprint density at radius 1 is 0.778 bits per heavy atom. The summed E-state index contributed by atoms with van der Waals surface area (Å²) in [6.07, 6.45) is 13.1. The zero-order chi connectivity index (χ0) is 30.8. The maximum atomic E-state index is 12.9. The Kier molecular flexibility index (Phi) is 7.89. The van der Waals surface area contributed by atoms with E-state index in [4.69, 9.17) is 5.10 Å². The summed E-state index contributed by atoms with van der Waals surface area (Å²) in [4.78, 5) is 26.6. The molecule has 6 aromatic rings. The zero-order valence-corrected chi connectivity index (χ0v) is 25.5. The second-order valence-electron chi connectivity index (χ2n) is 11.7. The van der Waals surface area contributed by atoms with Crippen LogP contribution in [0.4, 0.5) is 5.69 Å². The second kappa shape index (κ2) is 12.4. The highest BCUT2D eigenvalue weighted by Gasteiger charge is 2.17. The summed E-state index contributed by atoms with van der Waals surface area (Å²) in [5, 5.41) is 12.1. The fraction of sp³-hybridized carbons (Fsp3) is 0.229. The van der Waals surface area contributed by atoms with Crippen LogP contribution in [0.3, 0.4) is 0 Å². The summed E-state index contributed by atoms with van der Waals surface area (Å²) in [6.45, 7) is 5.31. The van der Waals surface area contributed by atoms with Crippen LogP contribution >= 0.6 is 0 Å². The highest BCUT2D eigenvalue weighted by molar-refractivity contribution is 5.94. The number of amides is 1. The summed E-state index contributed by atoms with van der Waals surface area (Å²) in [6, 6.07) is 18.4. The first-order valence-corrected chi connectivity index (χ1v) is 15.1. The summed E-state index contributed by atoms with van der Waals surface area (Å²) < 4.78 is 3.67. The minimum absolute atomic E-state index is 0.0431. The van der Waals surface area contributed by atoms with Crippen LogP contribution in [0.1, 0.15) is 11.1 Å². The van der Waals surface area contributed by atoms with Crippen molar-refractivity contribution in [3.63, 3.8) is 0 Å². The van der Waals surface area contributed by atoms with Crippen molar-refractivity contribution in [3.05, 3.63) is 109 Å². The Hall–Kier alpha value is -5.19. The van der Waals surface area contributed by atoms with Gasteiger partial charge in [0.1, 0.15) is 0 Å². The van der Waals surface area contributed by atoms with E-state index in [1.807, 2.05) is 72.7 Å². The zero-order valence-electron chi connectivity index (χ0n) is 25.5. The topological polar surface area (TPSA) is 96.5 Å².